The van der Waals surface area contributed by atoms with Gasteiger partial charge in [-0.15, -0.1) is 0 Å². The van der Waals surface area contributed by atoms with Crippen LogP contribution in [0.4, 0.5) is 0 Å². The zero-order valence-electron chi connectivity index (χ0n) is 17.9. The van der Waals surface area contributed by atoms with Crippen molar-refractivity contribution >= 4 is 16.8 Å². The van der Waals surface area contributed by atoms with E-state index in [0.29, 0.717) is 6.42 Å². The first-order valence-electron chi connectivity index (χ1n) is 11.0. The normalized spacial score (nSPS) is 17.7. The van der Waals surface area contributed by atoms with Crippen molar-refractivity contribution in [1.29, 1.82) is 0 Å². The molecule has 0 unspecified atom stereocenters. The molecule has 160 valence electrons. The fourth-order valence-electron chi connectivity index (χ4n) is 5.08. The van der Waals surface area contributed by atoms with E-state index in [1.807, 2.05) is 48.2 Å². The third kappa shape index (κ3) is 3.84. The maximum atomic E-state index is 13.0. The lowest BCUT2D eigenvalue weighted by molar-refractivity contribution is -0.0863. The monoisotopic (exact) mass is 416 g/mol. The fraction of sp³-hybridized carbons (Fsp3) is 0.385. The van der Waals surface area contributed by atoms with Gasteiger partial charge in [-0.25, -0.2) is 0 Å². The van der Waals surface area contributed by atoms with Crippen LogP contribution < -0.4 is 0 Å². The van der Waals surface area contributed by atoms with E-state index < -0.39 is 0 Å². The van der Waals surface area contributed by atoms with Gasteiger partial charge >= 0.3 is 0 Å². The molecule has 2 fully saturated rings. The Hall–Kier alpha value is -2.76. The molecule has 3 aromatic rings. The van der Waals surface area contributed by atoms with E-state index in [1.165, 1.54) is 0 Å². The number of aryl methyl sites for hydroxylation is 1. The van der Waals surface area contributed by atoms with Gasteiger partial charge in [0.15, 0.2) is 0 Å². The van der Waals surface area contributed by atoms with Gasteiger partial charge in [0, 0.05) is 41.8 Å². The average Bonchev–Trinajstić information content (AvgIpc) is 2.77. The van der Waals surface area contributed by atoms with Crippen molar-refractivity contribution in [2.75, 3.05) is 26.3 Å². The van der Waals surface area contributed by atoms with Gasteiger partial charge in [-0.2, -0.15) is 0 Å². The van der Waals surface area contributed by atoms with Crippen molar-refractivity contribution in [3.8, 4) is 0 Å². The predicted octanol–water partition coefficient (Wildman–Crippen LogP) is 3.88. The molecule has 0 bridgehead atoms. The smallest absolute Gasteiger partial charge is 0.253 e. The number of hydrogen-bond acceptors (Lipinski definition) is 4. The highest BCUT2D eigenvalue weighted by molar-refractivity contribution is 5.95. The fourth-order valence-corrected chi connectivity index (χ4v) is 5.08. The first-order valence-corrected chi connectivity index (χ1v) is 11.0. The third-order valence-corrected chi connectivity index (χ3v) is 6.62. The molecular formula is C26H28N2O3. The number of fused-ring (bicyclic) bond motifs is 1. The number of carbonyl (C=O) groups excluding carboxylic acids is 1. The Morgan fingerprint density at radius 2 is 2.00 bits per heavy atom. The average molecular weight is 417 g/mol. The molecule has 1 N–H and O–H groups in total. The van der Waals surface area contributed by atoms with Gasteiger partial charge in [0.25, 0.3) is 5.91 Å². The van der Waals surface area contributed by atoms with Crippen LogP contribution in [0, 0.1) is 12.3 Å². The van der Waals surface area contributed by atoms with E-state index in [1.54, 1.807) is 0 Å². The third-order valence-electron chi connectivity index (χ3n) is 6.62. The van der Waals surface area contributed by atoms with E-state index in [4.69, 9.17) is 9.72 Å². The number of rotatable bonds is 4. The topological polar surface area (TPSA) is 62.7 Å². The number of nitrogens with zero attached hydrogens (tertiary/aromatic N) is 2. The Labute approximate surface area is 182 Å². The summed E-state index contributed by atoms with van der Waals surface area (Å²) in [5.41, 5.74) is 5.82. The van der Waals surface area contributed by atoms with Gasteiger partial charge in [0.05, 0.1) is 18.7 Å². The number of aliphatic hydroxyl groups is 1. The number of benzene rings is 2. The molecule has 1 spiro atoms. The molecule has 2 aliphatic rings. The summed E-state index contributed by atoms with van der Waals surface area (Å²) in [6, 6.07) is 16.0. The predicted molar refractivity (Wildman–Crippen MR) is 120 cm³/mol. The summed E-state index contributed by atoms with van der Waals surface area (Å²) in [6.07, 6.45) is 2.94. The van der Waals surface area contributed by atoms with Crippen LogP contribution >= 0.6 is 0 Å². The highest BCUT2D eigenvalue weighted by Gasteiger charge is 2.46. The molecule has 0 radical (unpaired) electrons. The Morgan fingerprint density at radius 3 is 2.77 bits per heavy atom. The van der Waals surface area contributed by atoms with E-state index in [9.17, 15) is 9.90 Å². The van der Waals surface area contributed by atoms with Gasteiger partial charge < -0.3 is 14.7 Å². The van der Waals surface area contributed by atoms with Crippen LogP contribution in [0.5, 0.6) is 0 Å². The minimum Gasteiger partial charge on any atom is -0.392 e. The van der Waals surface area contributed by atoms with Crippen molar-refractivity contribution in [1.82, 2.24) is 9.88 Å². The van der Waals surface area contributed by atoms with Crippen molar-refractivity contribution in [2.45, 2.75) is 32.8 Å². The van der Waals surface area contributed by atoms with Gasteiger partial charge in [-0.1, -0.05) is 30.3 Å². The van der Waals surface area contributed by atoms with Crippen LogP contribution in [0.15, 0.2) is 48.5 Å². The number of para-hydroxylation sites is 1. The lowest BCUT2D eigenvalue weighted by Gasteiger charge is -2.51. The second kappa shape index (κ2) is 8.06. The number of carbonyl (C=O) groups is 1. The van der Waals surface area contributed by atoms with E-state index in [-0.39, 0.29) is 17.9 Å². The van der Waals surface area contributed by atoms with Crippen LogP contribution in [0.3, 0.4) is 0 Å². The van der Waals surface area contributed by atoms with E-state index >= 15 is 0 Å². The number of aromatic nitrogens is 1. The molecule has 2 aromatic carbocycles. The van der Waals surface area contributed by atoms with Crippen LogP contribution in [0.2, 0.25) is 0 Å². The number of likely N-dealkylation sites (tertiary alicyclic amines) is 1. The molecule has 31 heavy (non-hydrogen) atoms. The Balaban J connectivity index is 1.37. The van der Waals surface area contributed by atoms with Crippen LogP contribution in [0.1, 0.15) is 45.6 Å². The summed E-state index contributed by atoms with van der Waals surface area (Å²) in [6.45, 7) is 5.17. The maximum absolute atomic E-state index is 13.0. The molecule has 5 rings (SSSR count). The molecule has 5 heteroatoms. The number of aliphatic hydroxyl groups excluding tert-OH is 1. The van der Waals surface area contributed by atoms with Gasteiger partial charge in [-0.3, -0.25) is 9.78 Å². The highest BCUT2D eigenvalue weighted by atomic mass is 16.5. The zero-order valence-corrected chi connectivity index (χ0v) is 17.9. The van der Waals surface area contributed by atoms with E-state index in [2.05, 4.69) is 12.1 Å². The van der Waals surface area contributed by atoms with Gasteiger partial charge in [0.1, 0.15) is 0 Å². The Kier molecular flexibility index (Phi) is 5.24. The maximum Gasteiger partial charge on any atom is 0.253 e. The van der Waals surface area contributed by atoms with Crippen molar-refractivity contribution < 1.29 is 14.6 Å². The number of pyridine rings is 1. The van der Waals surface area contributed by atoms with Gasteiger partial charge in [0.2, 0.25) is 0 Å². The summed E-state index contributed by atoms with van der Waals surface area (Å²) in [7, 11) is 0. The summed E-state index contributed by atoms with van der Waals surface area (Å²) in [5.74, 6) is 0.104. The Bertz CT molecular complexity index is 1130. The standard InChI is InChI=1S/C26H28N2O3/c1-18-11-22(14-29)23-8-3-6-20(24(23)27-18)12-19-5-2-7-21(13-19)25(30)28-15-26(16-28)9-4-10-31-17-26/h2-3,5-8,11,13,29H,4,9-10,12,14-17H2,1H3. The number of hydrogen-bond donors (Lipinski definition) is 1. The highest BCUT2D eigenvalue weighted by Crippen LogP contribution is 2.38. The summed E-state index contributed by atoms with van der Waals surface area (Å²) in [4.78, 5) is 19.7. The second-order valence-corrected chi connectivity index (χ2v) is 9.09. The molecular weight excluding hydrogens is 388 g/mol. The van der Waals surface area contributed by atoms with Crippen LogP contribution in [-0.2, 0) is 17.8 Å². The second-order valence-electron chi connectivity index (χ2n) is 9.09. The first kappa shape index (κ1) is 20.2. The zero-order chi connectivity index (χ0) is 21.4. The molecule has 3 heterocycles. The molecule has 1 aromatic heterocycles. The molecule has 2 saturated heterocycles. The molecule has 1 amide bonds. The van der Waals surface area contributed by atoms with Crippen molar-refractivity contribution in [2.24, 2.45) is 5.41 Å². The van der Waals surface area contributed by atoms with Gasteiger partial charge in [-0.05, 0) is 61.1 Å². The molecule has 0 saturated carbocycles. The van der Waals surface area contributed by atoms with Crippen molar-refractivity contribution in [3.63, 3.8) is 0 Å². The number of amides is 1. The SMILES string of the molecule is Cc1cc(CO)c2cccc(Cc3cccc(C(=O)N4CC5(CCCOC5)C4)c3)c2n1. The Morgan fingerprint density at radius 1 is 1.16 bits per heavy atom. The van der Waals surface area contributed by atoms with Crippen LogP contribution in [-0.4, -0.2) is 47.2 Å². The molecule has 0 aliphatic carbocycles. The minimum atomic E-state index is -0.00430. The van der Waals surface area contributed by atoms with Crippen LogP contribution in [0.25, 0.3) is 10.9 Å². The lowest BCUT2D eigenvalue weighted by Crippen LogP contribution is -2.61. The lowest BCUT2D eigenvalue weighted by atomic mass is 9.75. The quantitative estimate of drug-likeness (QED) is 0.701. The first-order chi connectivity index (χ1) is 15.1. The molecule has 5 nitrogen and oxygen atoms in total. The summed E-state index contributed by atoms with van der Waals surface area (Å²) in [5, 5.41) is 10.7. The summed E-state index contributed by atoms with van der Waals surface area (Å²) >= 11 is 0. The molecule has 2 aliphatic heterocycles. The largest absolute Gasteiger partial charge is 0.392 e. The minimum absolute atomic E-state index is 0.00430. The summed E-state index contributed by atoms with van der Waals surface area (Å²) < 4.78 is 5.65. The van der Waals surface area contributed by atoms with E-state index in [0.717, 1.165) is 78.0 Å². The molecule has 0 atom stereocenters. The number of ether oxygens (including phenoxy) is 1. The van der Waals surface area contributed by atoms with Crippen molar-refractivity contribution in [3.05, 3.63) is 76.5 Å².